The number of carbonyl (C=O) groups excluding carboxylic acids is 3. The van der Waals surface area contributed by atoms with Crippen molar-refractivity contribution in [2.24, 2.45) is 0 Å². The Hall–Kier alpha value is -2.58. The number of imide groups is 1. The molecule has 2 N–H and O–H groups in total. The fourth-order valence-corrected chi connectivity index (χ4v) is 3.42. The number of rotatable bonds is 4. The summed E-state index contributed by atoms with van der Waals surface area (Å²) in [5, 5.41) is 3.41. The van der Waals surface area contributed by atoms with Crippen LogP contribution in [0.1, 0.15) is 31.2 Å². The average Bonchev–Trinajstić information content (AvgIpc) is 3.15. The van der Waals surface area contributed by atoms with Crippen molar-refractivity contribution < 1.29 is 27.6 Å². The summed E-state index contributed by atoms with van der Waals surface area (Å²) in [6.07, 6.45) is -3.11. The third-order valence-electron chi connectivity index (χ3n) is 4.70. The highest BCUT2D eigenvalue weighted by Gasteiger charge is 2.69. The van der Waals surface area contributed by atoms with Crippen molar-refractivity contribution >= 4 is 17.8 Å². The minimum Gasteiger partial charge on any atom is -0.318 e. The summed E-state index contributed by atoms with van der Waals surface area (Å²) in [5.41, 5.74) is -2.93. The molecule has 1 heterocycles. The van der Waals surface area contributed by atoms with Crippen molar-refractivity contribution in [1.29, 1.82) is 0 Å². The number of alkyl halides is 3. The van der Waals surface area contributed by atoms with E-state index in [1.807, 2.05) is 0 Å². The van der Waals surface area contributed by atoms with Crippen LogP contribution in [-0.2, 0) is 16.0 Å². The quantitative estimate of drug-likeness (QED) is 0.798. The number of nitrogens with zero attached hydrogens (tertiary/aromatic N) is 1. The van der Waals surface area contributed by atoms with Crippen molar-refractivity contribution in [1.82, 2.24) is 15.5 Å². The summed E-state index contributed by atoms with van der Waals surface area (Å²) < 4.78 is 41.2. The summed E-state index contributed by atoms with van der Waals surface area (Å²) in [6, 6.07) is 6.47. The van der Waals surface area contributed by atoms with Crippen LogP contribution in [0.15, 0.2) is 30.3 Å². The maximum absolute atomic E-state index is 13.7. The molecule has 1 aromatic carbocycles. The Bertz CT molecular complexity index is 717. The van der Waals surface area contributed by atoms with E-state index in [2.05, 4.69) is 0 Å². The van der Waals surface area contributed by atoms with Gasteiger partial charge in [-0.3, -0.25) is 19.8 Å². The summed E-state index contributed by atoms with van der Waals surface area (Å²) in [5.74, 6) is -2.47. The molecule has 6 nitrogen and oxygen atoms in total. The van der Waals surface area contributed by atoms with Crippen LogP contribution in [0.2, 0.25) is 0 Å². The minimum atomic E-state index is -5.17. The standard InChI is InChI=1S/C17H18F3N3O3/c18-17(19,20)16(21-13(24)10-11-6-2-1-3-7-11)14(25)23(15(26)22-16)12-8-4-5-9-12/h1-3,6-7,12H,4-5,8-10H2,(H,21,24)(H,22,26)/t16-/m1/s1. The number of urea groups is 1. The second-order valence-corrected chi connectivity index (χ2v) is 6.50. The zero-order valence-corrected chi connectivity index (χ0v) is 13.8. The van der Waals surface area contributed by atoms with Crippen LogP contribution in [0.4, 0.5) is 18.0 Å². The molecule has 0 unspecified atom stereocenters. The molecule has 0 bridgehead atoms. The first-order valence-electron chi connectivity index (χ1n) is 8.32. The van der Waals surface area contributed by atoms with Gasteiger partial charge in [-0.25, -0.2) is 4.79 Å². The van der Waals surface area contributed by atoms with Crippen molar-refractivity contribution in [2.45, 2.75) is 50.0 Å². The molecule has 4 amide bonds. The van der Waals surface area contributed by atoms with Crippen molar-refractivity contribution in [3.63, 3.8) is 0 Å². The van der Waals surface area contributed by atoms with E-state index in [9.17, 15) is 27.6 Å². The molecule has 3 rings (SSSR count). The first-order chi connectivity index (χ1) is 12.2. The van der Waals surface area contributed by atoms with Gasteiger partial charge in [-0.05, 0) is 18.4 Å². The van der Waals surface area contributed by atoms with Crippen LogP contribution in [0.5, 0.6) is 0 Å². The SMILES string of the molecule is O=C(Cc1ccccc1)N[C@@]1(C(F)(F)F)NC(=O)N(C2CCCC2)C1=O. The molecule has 1 aliphatic carbocycles. The van der Waals surface area contributed by atoms with E-state index in [0.717, 1.165) is 12.8 Å². The average molecular weight is 369 g/mol. The first kappa shape index (κ1) is 18.2. The lowest BCUT2D eigenvalue weighted by Crippen LogP contribution is -2.69. The summed E-state index contributed by atoms with van der Waals surface area (Å²) in [7, 11) is 0. The van der Waals surface area contributed by atoms with Gasteiger partial charge in [0.15, 0.2) is 0 Å². The third kappa shape index (κ3) is 3.13. The second kappa shape index (κ2) is 6.62. The molecule has 1 aromatic rings. The van der Waals surface area contributed by atoms with E-state index in [1.165, 1.54) is 0 Å². The Labute approximate surface area is 147 Å². The molecule has 2 aliphatic rings. The molecule has 1 saturated heterocycles. The molecule has 0 aromatic heterocycles. The van der Waals surface area contributed by atoms with E-state index >= 15 is 0 Å². The minimum absolute atomic E-state index is 0.342. The Morgan fingerprint density at radius 2 is 1.81 bits per heavy atom. The van der Waals surface area contributed by atoms with E-state index in [0.29, 0.717) is 23.3 Å². The predicted molar refractivity (Wildman–Crippen MR) is 84.7 cm³/mol. The van der Waals surface area contributed by atoms with Gasteiger partial charge < -0.3 is 5.32 Å². The number of halogens is 3. The number of amides is 4. The van der Waals surface area contributed by atoms with Crippen LogP contribution in [0.3, 0.4) is 0 Å². The molecular formula is C17H18F3N3O3. The molecule has 0 radical (unpaired) electrons. The van der Waals surface area contributed by atoms with Gasteiger partial charge in [0.25, 0.3) is 11.6 Å². The normalized spacial score (nSPS) is 24.0. The molecule has 1 saturated carbocycles. The van der Waals surface area contributed by atoms with E-state index in [4.69, 9.17) is 0 Å². The Balaban J connectivity index is 1.84. The summed E-state index contributed by atoms with van der Waals surface area (Å²) in [6.45, 7) is 0. The molecule has 1 aliphatic heterocycles. The molecular weight excluding hydrogens is 351 g/mol. The Kier molecular flexibility index (Phi) is 4.64. The monoisotopic (exact) mass is 369 g/mol. The lowest BCUT2D eigenvalue weighted by molar-refractivity contribution is -0.204. The largest absolute Gasteiger partial charge is 0.440 e. The molecule has 140 valence electrons. The number of nitrogens with one attached hydrogen (secondary N) is 2. The topological polar surface area (TPSA) is 78.5 Å². The van der Waals surface area contributed by atoms with Gasteiger partial charge >= 0.3 is 12.2 Å². The lowest BCUT2D eigenvalue weighted by Gasteiger charge is -2.30. The van der Waals surface area contributed by atoms with Gasteiger partial charge in [-0.15, -0.1) is 0 Å². The van der Waals surface area contributed by atoms with Crippen LogP contribution in [0.25, 0.3) is 0 Å². The van der Waals surface area contributed by atoms with Crippen LogP contribution < -0.4 is 10.6 Å². The number of hydrogen-bond acceptors (Lipinski definition) is 3. The van der Waals surface area contributed by atoms with Gasteiger partial charge in [0.1, 0.15) is 0 Å². The van der Waals surface area contributed by atoms with Crippen molar-refractivity contribution in [3.05, 3.63) is 35.9 Å². The second-order valence-electron chi connectivity index (χ2n) is 6.50. The van der Waals surface area contributed by atoms with Gasteiger partial charge in [-0.1, -0.05) is 43.2 Å². The van der Waals surface area contributed by atoms with Crippen molar-refractivity contribution in [2.75, 3.05) is 0 Å². The molecule has 26 heavy (non-hydrogen) atoms. The van der Waals surface area contributed by atoms with Crippen LogP contribution >= 0.6 is 0 Å². The highest BCUT2D eigenvalue weighted by Crippen LogP contribution is 2.37. The first-order valence-corrected chi connectivity index (χ1v) is 8.32. The van der Waals surface area contributed by atoms with Gasteiger partial charge in [0, 0.05) is 6.04 Å². The smallest absolute Gasteiger partial charge is 0.318 e. The highest BCUT2D eigenvalue weighted by atomic mass is 19.4. The van der Waals surface area contributed by atoms with Gasteiger partial charge in [-0.2, -0.15) is 13.2 Å². The van der Waals surface area contributed by atoms with Crippen LogP contribution in [0, 0.1) is 0 Å². The fraction of sp³-hybridized carbons (Fsp3) is 0.471. The van der Waals surface area contributed by atoms with E-state index < -0.39 is 35.7 Å². The predicted octanol–water partition coefficient (Wildman–Crippen LogP) is 2.10. The van der Waals surface area contributed by atoms with Crippen molar-refractivity contribution in [3.8, 4) is 0 Å². The number of benzene rings is 1. The van der Waals surface area contributed by atoms with Gasteiger partial charge in [0.05, 0.1) is 6.42 Å². The van der Waals surface area contributed by atoms with E-state index in [-0.39, 0.29) is 6.42 Å². The maximum atomic E-state index is 13.7. The van der Waals surface area contributed by atoms with E-state index in [1.54, 1.807) is 41.0 Å². The van der Waals surface area contributed by atoms with Gasteiger partial charge in [0.2, 0.25) is 5.91 Å². The molecule has 1 atom stereocenters. The Morgan fingerprint density at radius 3 is 2.38 bits per heavy atom. The zero-order valence-electron chi connectivity index (χ0n) is 13.8. The lowest BCUT2D eigenvalue weighted by atomic mass is 10.1. The highest BCUT2D eigenvalue weighted by molar-refractivity contribution is 6.09. The zero-order chi connectivity index (χ0) is 18.9. The van der Waals surface area contributed by atoms with Crippen LogP contribution in [-0.4, -0.2) is 40.6 Å². The maximum Gasteiger partial charge on any atom is 0.440 e. The summed E-state index contributed by atoms with van der Waals surface area (Å²) >= 11 is 0. The number of carbonyl (C=O) groups is 3. The molecule has 9 heteroatoms. The Morgan fingerprint density at radius 1 is 1.19 bits per heavy atom. The summed E-state index contributed by atoms with van der Waals surface area (Å²) in [4.78, 5) is 37.5. The molecule has 2 fully saturated rings. The fourth-order valence-electron chi connectivity index (χ4n) is 3.42. The number of hydrogen-bond donors (Lipinski definition) is 2. The third-order valence-corrected chi connectivity index (χ3v) is 4.70. The molecule has 0 spiro atoms.